The van der Waals surface area contributed by atoms with Crippen molar-refractivity contribution in [1.29, 1.82) is 0 Å². The first-order valence-electron chi connectivity index (χ1n) is 13.8. The monoisotopic (exact) mass is 531 g/mol. The molecule has 3 aromatic rings. The van der Waals surface area contributed by atoms with Gasteiger partial charge >= 0.3 is 12.0 Å². The number of hydrogen-bond acceptors (Lipinski definition) is 5. The average molecular weight is 532 g/mol. The van der Waals surface area contributed by atoms with E-state index in [0.717, 1.165) is 47.9 Å². The molecule has 1 aromatic heterocycles. The third-order valence-electron chi connectivity index (χ3n) is 8.56. The van der Waals surface area contributed by atoms with Gasteiger partial charge in [-0.15, -0.1) is 0 Å². The van der Waals surface area contributed by atoms with Crippen molar-refractivity contribution in [2.45, 2.75) is 81.6 Å². The number of anilines is 1. The highest BCUT2D eigenvalue weighted by atomic mass is 19.1. The number of fused-ring (bicyclic) bond motifs is 2. The summed E-state index contributed by atoms with van der Waals surface area (Å²) < 4.78 is 26.7. The van der Waals surface area contributed by atoms with Crippen molar-refractivity contribution < 1.29 is 28.3 Å². The van der Waals surface area contributed by atoms with Crippen molar-refractivity contribution >= 4 is 17.7 Å². The van der Waals surface area contributed by atoms with E-state index < -0.39 is 11.8 Å². The Morgan fingerprint density at radius 3 is 2.49 bits per heavy atom. The van der Waals surface area contributed by atoms with Crippen LogP contribution < -0.4 is 5.32 Å². The lowest BCUT2D eigenvalue weighted by atomic mass is 9.78. The molecule has 3 heterocycles. The smallest absolute Gasteiger partial charge is 0.335 e. The van der Waals surface area contributed by atoms with Gasteiger partial charge in [-0.1, -0.05) is 29.4 Å². The molecule has 0 radical (unpaired) electrons. The molecule has 2 unspecified atom stereocenters. The summed E-state index contributed by atoms with van der Waals surface area (Å²) in [5, 5.41) is 16.2. The van der Waals surface area contributed by atoms with Crippen molar-refractivity contribution in [2.75, 3.05) is 5.32 Å². The Hall–Kier alpha value is -3.72. The predicted molar refractivity (Wildman–Crippen MR) is 140 cm³/mol. The fourth-order valence-corrected chi connectivity index (χ4v) is 6.22. The van der Waals surface area contributed by atoms with Crippen LogP contribution in [0.2, 0.25) is 0 Å². The molecule has 2 atom stereocenters. The summed E-state index contributed by atoms with van der Waals surface area (Å²) >= 11 is 0. The SMILES string of the molecule is O=C(O)c1ccc(NC(=O)N2C3CC(OCc4c(-c5ccccc5C5CC5)noc4C4CC4)CC2C3)c(F)c1. The van der Waals surface area contributed by atoms with Crippen molar-refractivity contribution in [1.82, 2.24) is 10.1 Å². The van der Waals surface area contributed by atoms with Crippen molar-refractivity contribution in [3.8, 4) is 11.3 Å². The molecule has 2 saturated heterocycles. The van der Waals surface area contributed by atoms with E-state index in [1.54, 1.807) is 4.90 Å². The molecular weight excluding hydrogens is 501 g/mol. The van der Waals surface area contributed by atoms with E-state index in [0.29, 0.717) is 31.3 Å². The second-order valence-corrected chi connectivity index (χ2v) is 11.3. The van der Waals surface area contributed by atoms with Crippen LogP contribution in [0.1, 0.15) is 84.0 Å². The summed E-state index contributed by atoms with van der Waals surface area (Å²) in [5.74, 6) is -0.0169. The van der Waals surface area contributed by atoms with Crippen LogP contribution in [0.3, 0.4) is 0 Å². The number of carboxylic acids is 1. The van der Waals surface area contributed by atoms with Gasteiger partial charge < -0.3 is 24.6 Å². The standard InChI is InChI=1S/C30H30FN3O5/c31-25-11-18(29(35)36)9-10-26(25)32-30(37)34-19-12-20(34)14-21(13-19)38-15-24-27(33-39-28(24)17-7-8-17)23-4-2-1-3-22(23)16-5-6-16/h1-4,9-11,16-17,19-21H,5-8,12-15H2,(H,32,37)(H,35,36). The summed E-state index contributed by atoms with van der Waals surface area (Å²) in [6, 6.07) is 11.6. The number of aromatic carboxylic acids is 1. The van der Waals surface area contributed by atoms with Gasteiger partial charge in [-0.25, -0.2) is 14.0 Å². The fraction of sp³-hybridized carbons (Fsp3) is 0.433. The van der Waals surface area contributed by atoms with Gasteiger partial charge in [-0.2, -0.15) is 0 Å². The molecule has 0 spiro atoms. The second-order valence-electron chi connectivity index (χ2n) is 11.3. The Balaban J connectivity index is 1.01. The maximum Gasteiger partial charge on any atom is 0.335 e. The molecule has 2 aliphatic heterocycles. The van der Waals surface area contributed by atoms with Crippen LogP contribution in [-0.4, -0.2) is 45.4 Å². The number of aromatic nitrogens is 1. The molecule has 202 valence electrons. The van der Waals surface area contributed by atoms with Gasteiger partial charge in [0, 0.05) is 29.1 Å². The van der Waals surface area contributed by atoms with E-state index in [1.165, 1.54) is 30.5 Å². The van der Waals surface area contributed by atoms with Gasteiger partial charge in [-0.3, -0.25) is 0 Å². The fourth-order valence-electron chi connectivity index (χ4n) is 6.22. The van der Waals surface area contributed by atoms with Gasteiger partial charge in [0.25, 0.3) is 0 Å². The number of carboxylic acid groups (broad SMARTS) is 1. The van der Waals surface area contributed by atoms with Crippen LogP contribution in [0, 0.1) is 5.82 Å². The van der Waals surface area contributed by atoms with Crippen LogP contribution >= 0.6 is 0 Å². The zero-order chi connectivity index (χ0) is 26.7. The number of carbonyl (C=O) groups is 2. The molecule has 2 N–H and O–H groups in total. The summed E-state index contributed by atoms with van der Waals surface area (Å²) in [4.78, 5) is 25.7. The molecule has 3 aliphatic carbocycles. The minimum absolute atomic E-state index is 0.0119. The number of ether oxygens (including phenoxy) is 1. The highest BCUT2D eigenvalue weighted by Crippen LogP contribution is 2.48. The van der Waals surface area contributed by atoms with Gasteiger partial charge in [0.15, 0.2) is 0 Å². The van der Waals surface area contributed by atoms with E-state index in [9.17, 15) is 14.0 Å². The quantitative estimate of drug-likeness (QED) is 0.354. The van der Waals surface area contributed by atoms with Crippen LogP contribution in [0.4, 0.5) is 14.9 Å². The molecule has 8 rings (SSSR count). The van der Waals surface area contributed by atoms with E-state index in [2.05, 4.69) is 34.7 Å². The van der Waals surface area contributed by atoms with Gasteiger partial charge in [0.2, 0.25) is 0 Å². The molecule has 9 heteroatoms. The zero-order valence-electron chi connectivity index (χ0n) is 21.4. The first kappa shape index (κ1) is 24.3. The number of piperidine rings is 1. The maximum absolute atomic E-state index is 14.3. The van der Waals surface area contributed by atoms with E-state index in [4.69, 9.17) is 14.4 Å². The third-order valence-corrected chi connectivity index (χ3v) is 8.56. The summed E-state index contributed by atoms with van der Waals surface area (Å²) in [7, 11) is 0. The minimum Gasteiger partial charge on any atom is -0.478 e. The largest absolute Gasteiger partial charge is 0.478 e. The lowest BCUT2D eigenvalue weighted by Crippen LogP contribution is -2.65. The van der Waals surface area contributed by atoms with Crippen molar-refractivity contribution in [2.24, 2.45) is 0 Å². The van der Waals surface area contributed by atoms with E-state index in [-0.39, 0.29) is 35.5 Å². The molecular formula is C30H30FN3O5. The number of nitrogens with zero attached hydrogens (tertiary/aromatic N) is 2. The third kappa shape index (κ3) is 4.58. The van der Waals surface area contributed by atoms with Crippen LogP contribution in [0.5, 0.6) is 0 Å². The molecule has 8 nitrogen and oxygen atoms in total. The van der Waals surface area contributed by atoms with E-state index >= 15 is 0 Å². The molecule has 5 fully saturated rings. The first-order chi connectivity index (χ1) is 19.0. The van der Waals surface area contributed by atoms with Crippen LogP contribution in [0.25, 0.3) is 11.3 Å². The number of amides is 2. The van der Waals surface area contributed by atoms with Crippen molar-refractivity contribution in [3.05, 3.63) is 70.7 Å². The number of halogens is 1. The lowest BCUT2D eigenvalue weighted by molar-refractivity contribution is -0.0837. The Bertz CT molecular complexity index is 1430. The number of benzene rings is 2. The molecule has 2 amide bonds. The molecule has 2 bridgehead atoms. The lowest BCUT2D eigenvalue weighted by Gasteiger charge is -2.54. The molecule has 3 saturated carbocycles. The number of rotatable bonds is 8. The highest BCUT2D eigenvalue weighted by Gasteiger charge is 2.48. The Morgan fingerprint density at radius 2 is 1.79 bits per heavy atom. The number of urea groups is 1. The summed E-state index contributed by atoms with van der Waals surface area (Å²) in [5.41, 5.74) is 4.25. The zero-order valence-corrected chi connectivity index (χ0v) is 21.4. The Kier molecular flexibility index (Phi) is 5.91. The number of hydrogen-bond donors (Lipinski definition) is 2. The summed E-state index contributed by atoms with van der Waals surface area (Å²) in [6.07, 6.45) is 6.99. The van der Waals surface area contributed by atoms with Gasteiger partial charge in [-0.05, 0) is 74.6 Å². The van der Waals surface area contributed by atoms with Crippen LogP contribution in [-0.2, 0) is 11.3 Å². The van der Waals surface area contributed by atoms with Crippen molar-refractivity contribution in [3.63, 3.8) is 0 Å². The number of nitrogens with one attached hydrogen (secondary N) is 1. The Labute approximate surface area is 225 Å². The highest BCUT2D eigenvalue weighted by molar-refractivity contribution is 5.92. The topological polar surface area (TPSA) is 105 Å². The normalized spacial score (nSPS) is 23.8. The minimum atomic E-state index is -1.22. The summed E-state index contributed by atoms with van der Waals surface area (Å²) in [6.45, 7) is 0.432. The molecule has 5 aliphatic rings. The van der Waals surface area contributed by atoms with Gasteiger partial charge in [0.05, 0.1) is 24.0 Å². The predicted octanol–water partition coefficient (Wildman–Crippen LogP) is 6.29. The average Bonchev–Trinajstić information content (AvgIpc) is 3.86. The first-order valence-corrected chi connectivity index (χ1v) is 13.8. The van der Waals surface area contributed by atoms with Gasteiger partial charge in [0.1, 0.15) is 17.3 Å². The maximum atomic E-state index is 14.3. The molecule has 39 heavy (non-hydrogen) atoms. The van der Waals surface area contributed by atoms with Crippen LogP contribution in [0.15, 0.2) is 47.0 Å². The van der Waals surface area contributed by atoms with E-state index in [1.807, 2.05) is 0 Å². The second kappa shape index (κ2) is 9.48. The molecule has 2 aromatic carbocycles. The number of carbonyl (C=O) groups excluding carboxylic acids is 1. The Morgan fingerprint density at radius 1 is 1.05 bits per heavy atom.